The molecule has 0 N–H and O–H groups in total. The van der Waals surface area contributed by atoms with Crippen LogP contribution in [0.2, 0.25) is 0 Å². The van der Waals surface area contributed by atoms with E-state index in [1.54, 1.807) is 42.2 Å². The van der Waals surface area contributed by atoms with Crippen LogP contribution in [0.15, 0.2) is 18.2 Å². The van der Waals surface area contributed by atoms with Crippen molar-refractivity contribution in [3.63, 3.8) is 0 Å². The molecular formula is C24H37N3O5. The summed E-state index contributed by atoms with van der Waals surface area (Å²) in [6.45, 7) is 7.62. The molecule has 0 radical (unpaired) electrons. The Hall–Kier alpha value is -2.77. The van der Waals surface area contributed by atoms with Crippen LogP contribution in [-0.2, 0) is 9.59 Å². The predicted octanol–water partition coefficient (Wildman–Crippen LogP) is 2.81. The number of nitrogens with zero attached hydrogens (tertiary/aromatic N) is 3. The summed E-state index contributed by atoms with van der Waals surface area (Å²) in [5.74, 6) is 1.20. The topological polar surface area (TPSA) is 79.4 Å². The maximum atomic E-state index is 12.9. The van der Waals surface area contributed by atoms with Crippen molar-refractivity contribution in [3.05, 3.63) is 23.8 Å². The zero-order valence-corrected chi connectivity index (χ0v) is 19.9. The van der Waals surface area contributed by atoms with E-state index in [0.717, 1.165) is 25.9 Å². The molecule has 1 aromatic carbocycles. The third kappa shape index (κ3) is 7.14. The molecule has 8 heteroatoms. The van der Waals surface area contributed by atoms with Crippen molar-refractivity contribution in [1.82, 2.24) is 14.7 Å². The highest BCUT2D eigenvalue weighted by molar-refractivity contribution is 5.95. The Bertz CT molecular complexity index is 747. The van der Waals surface area contributed by atoms with Gasteiger partial charge in [-0.2, -0.15) is 0 Å². The van der Waals surface area contributed by atoms with Gasteiger partial charge in [-0.3, -0.25) is 14.4 Å². The molecular weight excluding hydrogens is 410 g/mol. The molecule has 0 saturated carbocycles. The number of amides is 3. The molecule has 1 aromatic rings. The molecule has 32 heavy (non-hydrogen) atoms. The summed E-state index contributed by atoms with van der Waals surface area (Å²) in [5, 5.41) is 0. The minimum absolute atomic E-state index is 0.0467. The molecule has 0 aliphatic carbocycles. The highest BCUT2D eigenvalue weighted by Gasteiger charge is 2.25. The third-order valence-corrected chi connectivity index (χ3v) is 5.64. The lowest BCUT2D eigenvalue weighted by Gasteiger charge is -2.35. The van der Waals surface area contributed by atoms with Crippen molar-refractivity contribution in [1.29, 1.82) is 0 Å². The number of hydrogen-bond donors (Lipinski definition) is 0. The zero-order valence-electron chi connectivity index (χ0n) is 19.9. The van der Waals surface area contributed by atoms with E-state index in [1.807, 2.05) is 4.90 Å². The van der Waals surface area contributed by atoms with Gasteiger partial charge < -0.3 is 24.2 Å². The van der Waals surface area contributed by atoms with E-state index >= 15 is 0 Å². The van der Waals surface area contributed by atoms with Gasteiger partial charge in [0, 0.05) is 63.7 Å². The number of carbonyl (C=O) groups is 3. The van der Waals surface area contributed by atoms with E-state index in [-0.39, 0.29) is 17.7 Å². The van der Waals surface area contributed by atoms with Gasteiger partial charge in [0.15, 0.2) is 0 Å². The Morgan fingerprint density at radius 3 is 1.88 bits per heavy atom. The highest BCUT2D eigenvalue weighted by Crippen LogP contribution is 2.24. The Morgan fingerprint density at radius 1 is 0.844 bits per heavy atom. The molecule has 0 bridgehead atoms. The van der Waals surface area contributed by atoms with Gasteiger partial charge in [0.1, 0.15) is 11.5 Å². The van der Waals surface area contributed by atoms with Crippen LogP contribution in [0.5, 0.6) is 11.5 Å². The van der Waals surface area contributed by atoms with Gasteiger partial charge in [-0.25, -0.2) is 0 Å². The van der Waals surface area contributed by atoms with Crippen LogP contribution >= 0.6 is 0 Å². The smallest absolute Gasteiger partial charge is 0.254 e. The molecule has 1 heterocycles. The Balaban J connectivity index is 1.81. The van der Waals surface area contributed by atoms with Crippen LogP contribution in [0.3, 0.4) is 0 Å². The van der Waals surface area contributed by atoms with Crippen LogP contribution < -0.4 is 9.47 Å². The SMILES string of the molecule is CCCN(CCC)C(=O)CCCC(=O)N1CCN(C(=O)c2cc(OC)cc(OC)c2)CC1. The molecule has 0 spiro atoms. The summed E-state index contributed by atoms with van der Waals surface area (Å²) in [6.07, 6.45) is 3.21. The summed E-state index contributed by atoms with van der Waals surface area (Å²) in [7, 11) is 3.10. The minimum atomic E-state index is -0.105. The molecule has 1 saturated heterocycles. The van der Waals surface area contributed by atoms with Gasteiger partial charge >= 0.3 is 0 Å². The van der Waals surface area contributed by atoms with E-state index in [1.165, 1.54) is 0 Å². The summed E-state index contributed by atoms with van der Waals surface area (Å²) in [6, 6.07) is 5.11. The van der Waals surface area contributed by atoms with Crippen LogP contribution in [0.4, 0.5) is 0 Å². The first-order valence-corrected chi connectivity index (χ1v) is 11.5. The third-order valence-electron chi connectivity index (χ3n) is 5.64. The second-order valence-electron chi connectivity index (χ2n) is 8.01. The van der Waals surface area contributed by atoms with E-state index in [9.17, 15) is 14.4 Å². The van der Waals surface area contributed by atoms with E-state index in [0.29, 0.717) is 62.5 Å². The van der Waals surface area contributed by atoms with Crippen LogP contribution in [-0.4, -0.2) is 85.9 Å². The minimum Gasteiger partial charge on any atom is -0.497 e. The van der Waals surface area contributed by atoms with Gasteiger partial charge in [0.2, 0.25) is 11.8 Å². The van der Waals surface area contributed by atoms with Crippen molar-refractivity contribution in [2.24, 2.45) is 0 Å². The lowest BCUT2D eigenvalue weighted by Crippen LogP contribution is -2.50. The lowest BCUT2D eigenvalue weighted by atomic mass is 10.1. The number of methoxy groups -OCH3 is 2. The van der Waals surface area contributed by atoms with Crippen molar-refractivity contribution in [3.8, 4) is 11.5 Å². The summed E-state index contributed by atoms with van der Waals surface area (Å²) in [4.78, 5) is 43.3. The fraction of sp³-hybridized carbons (Fsp3) is 0.625. The molecule has 0 unspecified atom stereocenters. The van der Waals surface area contributed by atoms with Gasteiger partial charge in [0.05, 0.1) is 14.2 Å². The molecule has 0 atom stereocenters. The molecule has 1 fully saturated rings. The first-order valence-electron chi connectivity index (χ1n) is 11.5. The number of benzene rings is 1. The molecule has 8 nitrogen and oxygen atoms in total. The lowest BCUT2D eigenvalue weighted by molar-refractivity contribution is -0.133. The van der Waals surface area contributed by atoms with Gasteiger partial charge in [-0.15, -0.1) is 0 Å². The number of rotatable bonds is 11. The Kier molecular flexibility index (Phi) is 10.3. The van der Waals surface area contributed by atoms with E-state index in [2.05, 4.69) is 13.8 Å². The first-order chi connectivity index (χ1) is 15.4. The first kappa shape index (κ1) is 25.5. The number of hydrogen-bond acceptors (Lipinski definition) is 5. The van der Waals surface area contributed by atoms with Gasteiger partial charge in [-0.1, -0.05) is 13.8 Å². The van der Waals surface area contributed by atoms with Crippen molar-refractivity contribution in [2.45, 2.75) is 46.0 Å². The van der Waals surface area contributed by atoms with E-state index in [4.69, 9.17) is 9.47 Å². The Morgan fingerprint density at radius 2 is 1.38 bits per heavy atom. The molecule has 178 valence electrons. The van der Waals surface area contributed by atoms with Crippen molar-refractivity contribution in [2.75, 3.05) is 53.5 Å². The van der Waals surface area contributed by atoms with Crippen molar-refractivity contribution < 1.29 is 23.9 Å². The zero-order chi connectivity index (χ0) is 23.5. The highest BCUT2D eigenvalue weighted by atomic mass is 16.5. The maximum Gasteiger partial charge on any atom is 0.254 e. The van der Waals surface area contributed by atoms with Crippen LogP contribution in [0, 0.1) is 0 Å². The summed E-state index contributed by atoms with van der Waals surface area (Å²) >= 11 is 0. The quantitative estimate of drug-likeness (QED) is 0.521. The molecule has 3 amide bonds. The predicted molar refractivity (Wildman–Crippen MR) is 123 cm³/mol. The maximum absolute atomic E-state index is 12.9. The van der Waals surface area contributed by atoms with Gasteiger partial charge in [-0.05, 0) is 31.4 Å². The average Bonchev–Trinajstić information content (AvgIpc) is 2.82. The number of ether oxygens (including phenoxy) is 2. The average molecular weight is 448 g/mol. The Labute approximate surface area is 191 Å². The monoisotopic (exact) mass is 447 g/mol. The van der Waals surface area contributed by atoms with Gasteiger partial charge in [0.25, 0.3) is 5.91 Å². The summed E-state index contributed by atoms with van der Waals surface area (Å²) in [5.41, 5.74) is 0.503. The van der Waals surface area contributed by atoms with Crippen molar-refractivity contribution >= 4 is 17.7 Å². The molecule has 2 rings (SSSR count). The fourth-order valence-electron chi connectivity index (χ4n) is 3.88. The molecule has 1 aliphatic rings. The normalized spacial score (nSPS) is 13.6. The second-order valence-corrected chi connectivity index (χ2v) is 8.01. The second kappa shape index (κ2) is 12.9. The number of carbonyl (C=O) groups excluding carboxylic acids is 3. The molecule has 1 aliphatic heterocycles. The van der Waals surface area contributed by atoms with E-state index < -0.39 is 0 Å². The largest absolute Gasteiger partial charge is 0.497 e. The summed E-state index contributed by atoms with van der Waals surface area (Å²) < 4.78 is 10.5. The number of piperazine rings is 1. The van der Waals surface area contributed by atoms with Crippen LogP contribution in [0.1, 0.15) is 56.3 Å². The van der Waals surface area contributed by atoms with Crippen LogP contribution in [0.25, 0.3) is 0 Å². The fourth-order valence-corrected chi connectivity index (χ4v) is 3.88. The standard InChI is InChI=1S/C24H37N3O5/c1-5-10-25(11-6-2)22(28)8-7-9-23(29)26-12-14-27(15-13-26)24(30)19-16-20(31-3)18-21(17-19)32-4/h16-18H,5-15H2,1-4H3. The molecule has 0 aromatic heterocycles.